The minimum atomic E-state index is -6.00. The van der Waals surface area contributed by atoms with E-state index in [0.717, 1.165) is 0 Å². The highest BCUT2D eigenvalue weighted by atomic mass is 19.5. The number of hydrogen-bond acceptors (Lipinski definition) is 0. The molecular weight excluding hydrogens is 233 g/mol. The Morgan fingerprint density at radius 1 is 0.706 bits per heavy atom. The van der Waals surface area contributed by atoms with Crippen LogP contribution in [0, 0.1) is 0 Å². The Labute approximate surface area is 103 Å². The van der Waals surface area contributed by atoms with E-state index < -0.39 is 7.25 Å². The highest BCUT2D eigenvalue weighted by Crippen LogP contribution is 2.06. The van der Waals surface area contributed by atoms with Gasteiger partial charge in [0.25, 0.3) is 0 Å². The molecule has 0 saturated carbocycles. The Hall–Kier alpha value is -0.255. The monoisotopic (exact) mass is 259 g/mol. The van der Waals surface area contributed by atoms with E-state index in [-0.39, 0.29) is 0 Å². The highest BCUT2D eigenvalue weighted by molar-refractivity contribution is 6.50. The van der Waals surface area contributed by atoms with Gasteiger partial charge < -0.3 is 22.2 Å². The van der Waals surface area contributed by atoms with Crippen LogP contribution in [0.1, 0.15) is 52.9 Å². The number of halogens is 4. The average molecular weight is 259 g/mol. The molecule has 0 rings (SSSR count). The van der Waals surface area contributed by atoms with Crippen LogP contribution >= 0.6 is 0 Å². The van der Waals surface area contributed by atoms with Gasteiger partial charge in [0.05, 0.1) is 19.6 Å². The molecule has 1 N–H and O–H groups in total. The SMILES string of the molecule is CCCC[NH+](CCC)CCCC.F[B-](F)(F)F. The maximum absolute atomic E-state index is 9.75. The third-order valence-corrected chi connectivity index (χ3v) is 2.37. The first-order valence-electron chi connectivity index (χ1n) is 6.55. The van der Waals surface area contributed by atoms with Crippen LogP contribution in [0.25, 0.3) is 0 Å². The zero-order valence-corrected chi connectivity index (χ0v) is 11.2. The second kappa shape index (κ2) is 12.2. The third-order valence-electron chi connectivity index (χ3n) is 2.37. The highest BCUT2D eigenvalue weighted by Gasteiger charge is 2.20. The first-order chi connectivity index (χ1) is 7.85. The van der Waals surface area contributed by atoms with Gasteiger partial charge in [-0.25, -0.2) is 0 Å². The molecule has 1 nitrogen and oxygen atoms in total. The van der Waals surface area contributed by atoms with Gasteiger partial charge in [0.2, 0.25) is 0 Å². The Morgan fingerprint density at radius 3 is 1.29 bits per heavy atom. The summed E-state index contributed by atoms with van der Waals surface area (Å²) in [6, 6.07) is 0. The minimum Gasteiger partial charge on any atom is -0.418 e. The molecule has 0 aromatic heterocycles. The van der Waals surface area contributed by atoms with E-state index in [1.165, 1.54) is 51.7 Å². The van der Waals surface area contributed by atoms with Gasteiger partial charge in [-0.2, -0.15) is 0 Å². The standard InChI is InChI=1S/C11H25N.BF4/c1-4-7-10-12(9-6-3)11-8-5-2;2-1(3,4)5/h4-11H2,1-3H3;/q;-1/p+1. The lowest BCUT2D eigenvalue weighted by Gasteiger charge is -2.17. The zero-order valence-electron chi connectivity index (χ0n) is 11.2. The van der Waals surface area contributed by atoms with Gasteiger partial charge in [-0.05, 0) is 19.3 Å². The molecule has 0 amide bonds. The number of unbranched alkanes of at least 4 members (excludes halogenated alkanes) is 2. The van der Waals surface area contributed by atoms with Gasteiger partial charge in [0.15, 0.2) is 0 Å². The molecule has 0 aliphatic heterocycles. The minimum absolute atomic E-state index is 1.34. The Morgan fingerprint density at radius 2 is 1.06 bits per heavy atom. The van der Waals surface area contributed by atoms with Crippen molar-refractivity contribution < 1.29 is 22.2 Å². The molecule has 0 spiro atoms. The lowest BCUT2D eigenvalue weighted by atomic mass is 10.2. The van der Waals surface area contributed by atoms with Gasteiger partial charge in [0, 0.05) is 0 Å². The van der Waals surface area contributed by atoms with Crippen molar-refractivity contribution >= 4 is 7.25 Å². The van der Waals surface area contributed by atoms with Crippen LogP contribution in [0.2, 0.25) is 0 Å². The smallest absolute Gasteiger partial charge is 0.418 e. The fourth-order valence-corrected chi connectivity index (χ4v) is 1.58. The molecule has 106 valence electrons. The summed E-state index contributed by atoms with van der Waals surface area (Å²) in [4.78, 5) is 1.82. The topological polar surface area (TPSA) is 4.44 Å². The summed E-state index contributed by atoms with van der Waals surface area (Å²) in [7, 11) is -6.00. The molecule has 0 aromatic rings. The normalized spacial score (nSPS) is 11.3. The van der Waals surface area contributed by atoms with E-state index in [9.17, 15) is 17.3 Å². The Bertz CT molecular complexity index is 139. The molecule has 0 saturated heterocycles. The first kappa shape index (κ1) is 19.1. The van der Waals surface area contributed by atoms with Gasteiger partial charge in [-0.1, -0.05) is 33.6 Å². The summed E-state index contributed by atoms with van der Waals surface area (Å²) in [6.07, 6.45) is 6.83. The quantitative estimate of drug-likeness (QED) is 0.504. The van der Waals surface area contributed by atoms with E-state index in [1.807, 2.05) is 4.90 Å². The number of hydrogen-bond donors (Lipinski definition) is 1. The van der Waals surface area contributed by atoms with E-state index in [4.69, 9.17) is 0 Å². The molecule has 0 heterocycles. The summed E-state index contributed by atoms with van der Waals surface area (Å²) in [5.41, 5.74) is 0. The average Bonchev–Trinajstić information content (AvgIpc) is 2.20. The van der Waals surface area contributed by atoms with Crippen LogP contribution in [-0.4, -0.2) is 26.9 Å². The van der Waals surface area contributed by atoms with Crippen LogP contribution in [0.15, 0.2) is 0 Å². The van der Waals surface area contributed by atoms with Crippen molar-refractivity contribution in [2.45, 2.75) is 52.9 Å². The van der Waals surface area contributed by atoms with Crippen molar-refractivity contribution in [3.05, 3.63) is 0 Å². The molecule has 0 radical (unpaired) electrons. The number of rotatable bonds is 8. The molecule has 0 unspecified atom stereocenters. The Kier molecular flexibility index (Phi) is 13.7. The van der Waals surface area contributed by atoms with Gasteiger partial charge in [0.1, 0.15) is 0 Å². The maximum Gasteiger partial charge on any atom is 0.673 e. The molecule has 0 bridgehead atoms. The molecule has 6 heteroatoms. The van der Waals surface area contributed by atoms with Crippen molar-refractivity contribution in [3.8, 4) is 0 Å². The van der Waals surface area contributed by atoms with E-state index in [0.29, 0.717) is 0 Å². The van der Waals surface area contributed by atoms with Gasteiger partial charge in [-0.15, -0.1) is 0 Å². The van der Waals surface area contributed by atoms with Gasteiger partial charge in [-0.3, -0.25) is 0 Å². The lowest BCUT2D eigenvalue weighted by molar-refractivity contribution is -0.900. The van der Waals surface area contributed by atoms with E-state index >= 15 is 0 Å². The maximum atomic E-state index is 9.75. The predicted octanol–water partition coefficient (Wildman–Crippen LogP) is 3.18. The largest absolute Gasteiger partial charge is 0.673 e. The van der Waals surface area contributed by atoms with E-state index in [1.54, 1.807) is 0 Å². The molecule has 17 heavy (non-hydrogen) atoms. The molecule has 0 fully saturated rings. The molecular formula is C11H26BF4N. The summed E-state index contributed by atoms with van der Waals surface area (Å²) >= 11 is 0. The second-order valence-electron chi connectivity index (χ2n) is 4.20. The van der Waals surface area contributed by atoms with Crippen LogP contribution in [0.5, 0.6) is 0 Å². The predicted molar refractivity (Wildman–Crippen MR) is 65.9 cm³/mol. The molecule has 0 aromatic carbocycles. The fourth-order valence-electron chi connectivity index (χ4n) is 1.58. The van der Waals surface area contributed by atoms with Crippen molar-refractivity contribution in [3.63, 3.8) is 0 Å². The van der Waals surface area contributed by atoms with Crippen LogP contribution in [-0.2, 0) is 0 Å². The summed E-state index contributed by atoms with van der Waals surface area (Å²) in [5.74, 6) is 0. The molecule has 0 atom stereocenters. The van der Waals surface area contributed by atoms with E-state index in [2.05, 4.69) is 20.8 Å². The lowest BCUT2D eigenvalue weighted by Crippen LogP contribution is -3.12. The summed E-state index contributed by atoms with van der Waals surface area (Å²) in [6.45, 7) is 11.0. The van der Waals surface area contributed by atoms with Crippen molar-refractivity contribution in [1.29, 1.82) is 0 Å². The summed E-state index contributed by atoms with van der Waals surface area (Å²) < 4.78 is 39.0. The summed E-state index contributed by atoms with van der Waals surface area (Å²) in [5, 5.41) is 0. The third kappa shape index (κ3) is 25.8. The van der Waals surface area contributed by atoms with Crippen LogP contribution in [0.3, 0.4) is 0 Å². The van der Waals surface area contributed by atoms with Crippen LogP contribution in [0.4, 0.5) is 17.3 Å². The first-order valence-corrected chi connectivity index (χ1v) is 6.55. The van der Waals surface area contributed by atoms with Gasteiger partial charge >= 0.3 is 7.25 Å². The molecule has 0 aliphatic carbocycles. The van der Waals surface area contributed by atoms with Crippen LogP contribution < -0.4 is 4.90 Å². The Balaban J connectivity index is 0. The molecule has 0 aliphatic rings. The zero-order chi connectivity index (χ0) is 13.7. The van der Waals surface area contributed by atoms with Crippen molar-refractivity contribution in [1.82, 2.24) is 0 Å². The second-order valence-corrected chi connectivity index (χ2v) is 4.20. The number of quaternary nitrogens is 1. The van der Waals surface area contributed by atoms with Crippen molar-refractivity contribution in [2.75, 3.05) is 19.6 Å². The number of nitrogens with one attached hydrogen (secondary N) is 1. The van der Waals surface area contributed by atoms with Crippen molar-refractivity contribution in [2.24, 2.45) is 0 Å². The fraction of sp³-hybridized carbons (Fsp3) is 1.00.